The second-order valence-electron chi connectivity index (χ2n) is 8.98. The number of hydrogen-bond acceptors (Lipinski definition) is 4. The summed E-state index contributed by atoms with van der Waals surface area (Å²) in [5.74, 6) is -0.516. The second-order valence-corrected chi connectivity index (χ2v) is 8.98. The first-order valence-electron chi connectivity index (χ1n) is 12.0. The van der Waals surface area contributed by atoms with Crippen molar-refractivity contribution in [3.05, 3.63) is 95.2 Å². The monoisotopic (exact) mass is 488 g/mol. The van der Waals surface area contributed by atoms with E-state index in [1.165, 1.54) is 4.90 Å². The number of carbonyl (C=O) groups excluding carboxylic acids is 3. The number of urea groups is 1. The summed E-state index contributed by atoms with van der Waals surface area (Å²) < 4.78 is 5.07. The first-order valence-corrected chi connectivity index (χ1v) is 12.0. The van der Waals surface area contributed by atoms with Crippen molar-refractivity contribution < 1.29 is 19.1 Å². The SMILES string of the molecule is C=CCN1C(=O)N[C@@H](c2ccc(C)cc2)C2=C1CN([C@H](Cc1ccccc1)C(=O)NCCOC)C2=O. The molecule has 0 saturated carbocycles. The van der Waals surface area contributed by atoms with E-state index in [1.54, 1.807) is 18.1 Å². The van der Waals surface area contributed by atoms with Gasteiger partial charge in [0.1, 0.15) is 6.04 Å². The summed E-state index contributed by atoms with van der Waals surface area (Å²) in [6.07, 6.45) is 1.98. The highest BCUT2D eigenvalue weighted by molar-refractivity contribution is 6.03. The van der Waals surface area contributed by atoms with Crippen LogP contribution in [0.2, 0.25) is 0 Å². The average Bonchev–Trinajstić information content (AvgIpc) is 3.22. The van der Waals surface area contributed by atoms with Crippen LogP contribution in [0.15, 0.2) is 78.5 Å². The van der Waals surface area contributed by atoms with Gasteiger partial charge in [0.05, 0.1) is 30.5 Å². The standard InChI is InChI=1S/C28H32N4O4/c1-4-15-31-23-18-32(22(26(33)29-14-16-36-3)17-20-8-6-5-7-9-20)27(34)24(23)25(30-28(31)35)21-12-10-19(2)11-13-21/h4-13,22,25H,1,14-18H2,2-3H3,(H,29,33)(H,30,35)/t22-,25+/m1/s1. The van der Waals surface area contributed by atoms with E-state index in [2.05, 4.69) is 17.2 Å². The topological polar surface area (TPSA) is 91.0 Å². The first-order chi connectivity index (χ1) is 17.4. The van der Waals surface area contributed by atoms with Crippen molar-refractivity contribution in [3.63, 3.8) is 0 Å². The molecule has 4 amide bonds. The third-order valence-corrected chi connectivity index (χ3v) is 6.53. The van der Waals surface area contributed by atoms with Crippen LogP contribution < -0.4 is 10.6 Å². The molecule has 0 aromatic heterocycles. The molecule has 8 heteroatoms. The van der Waals surface area contributed by atoms with Gasteiger partial charge in [0.2, 0.25) is 5.91 Å². The number of ether oxygens (including phenoxy) is 1. The molecule has 4 rings (SSSR count). The molecule has 0 fully saturated rings. The highest BCUT2D eigenvalue weighted by Crippen LogP contribution is 2.37. The third-order valence-electron chi connectivity index (χ3n) is 6.53. The van der Waals surface area contributed by atoms with E-state index < -0.39 is 12.1 Å². The molecule has 0 bridgehead atoms. The third kappa shape index (κ3) is 5.18. The lowest BCUT2D eigenvalue weighted by molar-refractivity contribution is -0.136. The normalized spacial score (nSPS) is 18.1. The summed E-state index contributed by atoms with van der Waals surface area (Å²) in [6, 6.07) is 15.7. The molecule has 2 aromatic rings. The lowest BCUT2D eigenvalue weighted by Crippen LogP contribution is -2.50. The zero-order chi connectivity index (χ0) is 25.7. The highest BCUT2D eigenvalue weighted by atomic mass is 16.5. The van der Waals surface area contributed by atoms with E-state index in [4.69, 9.17) is 4.74 Å². The Morgan fingerprint density at radius 3 is 2.58 bits per heavy atom. The van der Waals surface area contributed by atoms with Crippen LogP contribution in [-0.2, 0) is 20.7 Å². The van der Waals surface area contributed by atoms with Crippen molar-refractivity contribution in [1.82, 2.24) is 20.4 Å². The van der Waals surface area contributed by atoms with Crippen LogP contribution in [0.25, 0.3) is 0 Å². The molecule has 36 heavy (non-hydrogen) atoms. The van der Waals surface area contributed by atoms with Crippen LogP contribution >= 0.6 is 0 Å². The van der Waals surface area contributed by atoms with Crippen LogP contribution in [0.3, 0.4) is 0 Å². The molecule has 0 radical (unpaired) electrons. The van der Waals surface area contributed by atoms with Gasteiger partial charge in [0.15, 0.2) is 0 Å². The lowest BCUT2D eigenvalue weighted by atomic mass is 9.94. The molecule has 188 valence electrons. The second kappa shape index (κ2) is 11.2. The van der Waals surface area contributed by atoms with Gasteiger partial charge in [0.25, 0.3) is 5.91 Å². The number of nitrogens with one attached hydrogen (secondary N) is 2. The summed E-state index contributed by atoms with van der Waals surface area (Å²) in [6.45, 7) is 6.88. The van der Waals surface area contributed by atoms with Gasteiger partial charge in [-0.1, -0.05) is 66.2 Å². The molecule has 2 heterocycles. The fourth-order valence-corrected chi connectivity index (χ4v) is 4.67. The summed E-state index contributed by atoms with van der Waals surface area (Å²) in [4.78, 5) is 43.5. The fraction of sp³-hybridized carbons (Fsp3) is 0.321. The molecule has 2 N–H and O–H groups in total. The Kier molecular flexibility index (Phi) is 7.85. The van der Waals surface area contributed by atoms with Crippen molar-refractivity contribution >= 4 is 17.8 Å². The number of benzene rings is 2. The highest BCUT2D eigenvalue weighted by Gasteiger charge is 2.46. The minimum absolute atomic E-state index is 0.160. The smallest absolute Gasteiger partial charge is 0.322 e. The molecular weight excluding hydrogens is 456 g/mol. The van der Waals surface area contributed by atoms with Crippen molar-refractivity contribution in [1.29, 1.82) is 0 Å². The number of rotatable bonds is 10. The van der Waals surface area contributed by atoms with E-state index in [0.717, 1.165) is 16.7 Å². The van der Waals surface area contributed by atoms with Gasteiger partial charge in [0, 0.05) is 26.6 Å². The summed E-state index contributed by atoms with van der Waals surface area (Å²) in [7, 11) is 1.57. The largest absolute Gasteiger partial charge is 0.383 e. The van der Waals surface area contributed by atoms with Crippen LogP contribution in [0.4, 0.5) is 4.79 Å². The molecule has 0 unspecified atom stereocenters. The van der Waals surface area contributed by atoms with Crippen molar-refractivity contribution in [2.45, 2.75) is 25.4 Å². The molecule has 0 saturated heterocycles. The maximum atomic E-state index is 14.0. The summed E-state index contributed by atoms with van der Waals surface area (Å²) in [5, 5.41) is 5.87. The minimum Gasteiger partial charge on any atom is -0.383 e. The minimum atomic E-state index is -0.748. The number of amides is 4. The Balaban J connectivity index is 1.70. The lowest BCUT2D eigenvalue weighted by Gasteiger charge is -2.33. The average molecular weight is 489 g/mol. The van der Waals surface area contributed by atoms with Crippen LogP contribution in [0.1, 0.15) is 22.7 Å². The van der Waals surface area contributed by atoms with E-state index >= 15 is 0 Å². The molecular formula is C28H32N4O4. The molecule has 2 aliphatic heterocycles. The van der Waals surface area contributed by atoms with E-state index in [9.17, 15) is 14.4 Å². The molecule has 8 nitrogen and oxygen atoms in total. The van der Waals surface area contributed by atoms with Crippen LogP contribution in [-0.4, -0.2) is 67.0 Å². The van der Waals surface area contributed by atoms with Gasteiger partial charge < -0.3 is 20.3 Å². The fourth-order valence-electron chi connectivity index (χ4n) is 4.67. The number of aryl methyl sites for hydroxylation is 1. The first kappa shape index (κ1) is 25.2. The van der Waals surface area contributed by atoms with E-state index in [-0.39, 0.29) is 30.9 Å². The summed E-state index contributed by atoms with van der Waals surface area (Å²) >= 11 is 0. The Morgan fingerprint density at radius 2 is 1.92 bits per heavy atom. The van der Waals surface area contributed by atoms with Crippen LogP contribution in [0.5, 0.6) is 0 Å². The molecule has 2 aliphatic rings. The zero-order valence-corrected chi connectivity index (χ0v) is 20.7. The molecule has 2 aromatic carbocycles. The van der Waals surface area contributed by atoms with Gasteiger partial charge in [-0.25, -0.2) is 4.79 Å². The van der Waals surface area contributed by atoms with Crippen molar-refractivity contribution in [2.75, 3.05) is 33.4 Å². The van der Waals surface area contributed by atoms with E-state index in [0.29, 0.717) is 30.8 Å². The Hall–Kier alpha value is -3.91. The number of nitrogens with zero attached hydrogens (tertiary/aromatic N) is 2. The van der Waals surface area contributed by atoms with Crippen molar-refractivity contribution in [2.24, 2.45) is 0 Å². The maximum Gasteiger partial charge on any atom is 0.322 e. The Morgan fingerprint density at radius 1 is 1.19 bits per heavy atom. The van der Waals surface area contributed by atoms with Gasteiger partial charge >= 0.3 is 6.03 Å². The van der Waals surface area contributed by atoms with Crippen molar-refractivity contribution in [3.8, 4) is 0 Å². The van der Waals surface area contributed by atoms with Crippen LogP contribution in [0, 0.1) is 6.92 Å². The molecule has 2 atom stereocenters. The zero-order valence-electron chi connectivity index (χ0n) is 20.7. The van der Waals surface area contributed by atoms with Gasteiger partial charge in [-0.3, -0.25) is 14.5 Å². The summed E-state index contributed by atoms with van der Waals surface area (Å²) in [5.41, 5.74) is 3.94. The van der Waals surface area contributed by atoms with Gasteiger partial charge in [-0.2, -0.15) is 0 Å². The molecule has 0 spiro atoms. The quantitative estimate of drug-likeness (QED) is 0.398. The predicted octanol–water partition coefficient (Wildman–Crippen LogP) is 2.72. The Bertz CT molecular complexity index is 1160. The van der Waals surface area contributed by atoms with E-state index in [1.807, 2.05) is 61.5 Å². The number of methoxy groups -OCH3 is 1. The van der Waals surface area contributed by atoms with Gasteiger partial charge in [-0.15, -0.1) is 6.58 Å². The predicted molar refractivity (Wildman–Crippen MR) is 137 cm³/mol. The number of carbonyl (C=O) groups is 3. The molecule has 0 aliphatic carbocycles. The number of hydrogen-bond donors (Lipinski definition) is 2. The maximum absolute atomic E-state index is 14.0. The van der Waals surface area contributed by atoms with Gasteiger partial charge in [-0.05, 0) is 18.1 Å². The Labute approximate surface area is 211 Å².